The van der Waals surface area contributed by atoms with Crippen LogP contribution in [0.15, 0.2) is 22.7 Å². The molecule has 0 heterocycles. The molecule has 1 N–H and O–H groups in total. The van der Waals surface area contributed by atoms with Gasteiger partial charge in [-0.1, -0.05) is 26.8 Å². The Balaban J connectivity index is 2.83. The lowest BCUT2D eigenvalue weighted by atomic mass is 9.90. The molecule has 0 saturated heterocycles. The summed E-state index contributed by atoms with van der Waals surface area (Å²) in [5.41, 5.74) is 1.82. The minimum atomic E-state index is 0.245. The van der Waals surface area contributed by atoms with E-state index in [0.717, 1.165) is 23.1 Å². The zero-order valence-corrected chi connectivity index (χ0v) is 11.6. The molecule has 0 unspecified atom stereocenters. The summed E-state index contributed by atoms with van der Waals surface area (Å²) in [6, 6.07) is 7.97. The molecule has 2 nitrogen and oxygen atoms in total. The molecule has 1 rings (SSSR count). The first-order chi connectivity index (χ1) is 7.50. The molecule has 0 aliphatic rings. The minimum Gasteiger partial charge on any atom is -0.383 e. The highest BCUT2D eigenvalue weighted by Crippen LogP contribution is 2.26. The van der Waals surface area contributed by atoms with Gasteiger partial charge in [0.15, 0.2) is 0 Å². The van der Waals surface area contributed by atoms with E-state index in [1.165, 1.54) is 0 Å². The fraction of sp³-hybridized carbons (Fsp3) is 0.462. The van der Waals surface area contributed by atoms with Crippen LogP contribution >= 0.6 is 15.9 Å². The van der Waals surface area contributed by atoms with Gasteiger partial charge in [-0.15, -0.1) is 0 Å². The zero-order valence-electron chi connectivity index (χ0n) is 9.97. The Hall–Kier alpha value is -1.01. The Morgan fingerprint density at radius 1 is 1.44 bits per heavy atom. The van der Waals surface area contributed by atoms with Crippen LogP contribution in [0, 0.1) is 16.7 Å². The summed E-state index contributed by atoms with van der Waals surface area (Å²) in [7, 11) is 0. The number of hydrogen-bond acceptors (Lipinski definition) is 2. The second-order valence-electron chi connectivity index (χ2n) is 4.65. The lowest BCUT2D eigenvalue weighted by Crippen LogP contribution is -2.22. The van der Waals surface area contributed by atoms with Crippen molar-refractivity contribution in [2.24, 2.45) is 5.41 Å². The highest BCUT2D eigenvalue weighted by Gasteiger charge is 2.15. The maximum Gasteiger partial charge on any atom is 0.103 e. The molecule has 0 amide bonds. The molecule has 1 aromatic rings. The summed E-state index contributed by atoms with van der Waals surface area (Å²) in [5.74, 6) is 0. The summed E-state index contributed by atoms with van der Waals surface area (Å²) in [4.78, 5) is 0. The Bertz CT molecular complexity index is 405. The molecule has 0 saturated carbocycles. The van der Waals surface area contributed by atoms with Crippen molar-refractivity contribution < 1.29 is 0 Å². The molecule has 0 radical (unpaired) electrons. The average molecular weight is 281 g/mol. The number of rotatable bonds is 4. The third-order valence-corrected chi connectivity index (χ3v) is 3.50. The maximum atomic E-state index is 9.07. The molecule has 0 spiro atoms. The van der Waals surface area contributed by atoms with Crippen LogP contribution in [-0.4, -0.2) is 6.54 Å². The van der Waals surface area contributed by atoms with E-state index < -0.39 is 0 Å². The summed E-state index contributed by atoms with van der Waals surface area (Å²) < 4.78 is 0.842. The number of nitrogens with zero attached hydrogens (tertiary/aromatic N) is 1. The predicted molar refractivity (Wildman–Crippen MR) is 71.4 cm³/mol. The fourth-order valence-corrected chi connectivity index (χ4v) is 1.70. The third kappa shape index (κ3) is 3.24. The molecular weight excluding hydrogens is 264 g/mol. The minimum absolute atomic E-state index is 0.245. The van der Waals surface area contributed by atoms with E-state index in [1.54, 1.807) is 0 Å². The van der Waals surface area contributed by atoms with Crippen molar-refractivity contribution in [2.45, 2.75) is 27.2 Å². The topological polar surface area (TPSA) is 35.8 Å². The highest BCUT2D eigenvalue weighted by molar-refractivity contribution is 9.10. The average Bonchev–Trinajstić information content (AvgIpc) is 2.26. The van der Waals surface area contributed by atoms with Gasteiger partial charge in [0.25, 0.3) is 0 Å². The number of nitrogens with one attached hydrogen (secondary N) is 1. The number of halogens is 1. The first-order valence-corrected chi connectivity index (χ1v) is 6.22. The molecule has 0 bridgehead atoms. The molecule has 3 heteroatoms. The Morgan fingerprint density at radius 2 is 2.12 bits per heavy atom. The quantitative estimate of drug-likeness (QED) is 0.899. The second kappa shape index (κ2) is 5.36. The number of hydrogen-bond donors (Lipinski definition) is 1. The van der Waals surface area contributed by atoms with Crippen LogP contribution in [0.1, 0.15) is 32.8 Å². The van der Waals surface area contributed by atoms with Gasteiger partial charge in [0, 0.05) is 11.0 Å². The normalized spacial score (nSPS) is 10.9. The lowest BCUT2D eigenvalue weighted by molar-refractivity contribution is 0.377. The molecule has 1 aromatic carbocycles. The van der Waals surface area contributed by atoms with Gasteiger partial charge in [0.2, 0.25) is 0 Å². The second-order valence-corrected chi connectivity index (χ2v) is 5.50. The molecule has 0 aliphatic heterocycles. The van der Waals surface area contributed by atoms with E-state index in [1.807, 2.05) is 18.2 Å². The molecule has 86 valence electrons. The number of nitriles is 1. The van der Waals surface area contributed by atoms with E-state index in [9.17, 15) is 0 Å². The van der Waals surface area contributed by atoms with Gasteiger partial charge in [-0.3, -0.25) is 0 Å². The van der Waals surface area contributed by atoms with Crippen LogP contribution in [0.4, 0.5) is 5.69 Å². The van der Waals surface area contributed by atoms with E-state index in [-0.39, 0.29) is 5.41 Å². The lowest BCUT2D eigenvalue weighted by Gasteiger charge is -2.24. The van der Waals surface area contributed by atoms with Gasteiger partial charge in [-0.25, -0.2) is 0 Å². The first kappa shape index (κ1) is 13.1. The Morgan fingerprint density at radius 3 is 2.69 bits per heavy atom. The van der Waals surface area contributed by atoms with Crippen LogP contribution in [-0.2, 0) is 0 Å². The largest absolute Gasteiger partial charge is 0.383 e. The standard InChI is InChI=1S/C13H17BrN2/c1-4-13(2,3)9-16-12-7-5-6-11(14)10(12)8-15/h5-7,16H,4,9H2,1-3H3. The van der Waals surface area contributed by atoms with Crippen LogP contribution in [0.2, 0.25) is 0 Å². The predicted octanol–water partition coefficient (Wildman–Crippen LogP) is 4.17. The van der Waals surface area contributed by atoms with Crippen molar-refractivity contribution in [1.82, 2.24) is 0 Å². The highest BCUT2D eigenvalue weighted by atomic mass is 79.9. The molecule has 0 aliphatic carbocycles. The Labute approximate surface area is 106 Å². The zero-order chi connectivity index (χ0) is 12.2. The van der Waals surface area contributed by atoms with E-state index in [4.69, 9.17) is 5.26 Å². The molecule has 0 atom stereocenters. The molecule has 0 aromatic heterocycles. The summed E-state index contributed by atoms with van der Waals surface area (Å²) >= 11 is 3.38. The van der Waals surface area contributed by atoms with Gasteiger partial charge in [0.05, 0.1) is 11.3 Å². The summed E-state index contributed by atoms with van der Waals surface area (Å²) in [6.45, 7) is 7.47. The van der Waals surface area contributed by atoms with Gasteiger partial charge in [-0.05, 0) is 39.9 Å². The first-order valence-electron chi connectivity index (χ1n) is 5.42. The smallest absolute Gasteiger partial charge is 0.103 e. The van der Waals surface area contributed by atoms with Crippen molar-refractivity contribution >= 4 is 21.6 Å². The van der Waals surface area contributed by atoms with E-state index >= 15 is 0 Å². The van der Waals surface area contributed by atoms with Crippen LogP contribution in [0.25, 0.3) is 0 Å². The van der Waals surface area contributed by atoms with E-state index in [0.29, 0.717) is 5.56 Å². The maximum absolute atomic E-state index is 9.07. The van der Waals surface area contributed by atoms with Crippen LogP contribution in [0.5, 0.6) is 0 Å². The molecule has 0 fully saturated rings. The monoisotopic (exact) mass is 280 g/mol. The van der Waals surface area contributed by atoms with Gasteiger partial charge in [0.1, 0.15) is 6.07 Å². The summed E-state index contributed by atoms with van der Waals surface area (Å²) in [6.07, 6.45) is 1.11. The summed E-state index contributed by atoms with van der Waals surface area (Å²) in [5, 5.41) is 12.4. The van der Waals surface area contributed by atoms with E-state index in [2.05, 4.69) is 48.1 Å². The number of benzene rings is 1. The van der Waals surface area contributed by atoms with Crippen molar-refractivity contribution in [3.63, 3.8) is 0 Å². The van der Waals surface area contributed by atoms with Crippen molar-refractivity contribution in [3.05, 3.63) is 28.2 Å². The van der Waals surface area contributed by atoms with Crippen molar-refractivity contribution in [2.75, 3.05) is 11.9 Å². The Kier molecular flexibility index (Phi) is 4.37. The van der Waals surface area contributed by atoms with Crippen LogP contribution < -0.4 is 5.32 Å². The molecular formula is C13H17BrN2. The van der Waals surface area contributed by atoms with Crippen molar-refractivity contribution in [1.29, 1.82) is 5.26 Å². The van der Waals surface area contributed by atoms with Crippen molar-refractivity contribution in [3.8, 4) is 6.07 Å². The van der Waals surface area contributed by atoms with Gasteiger partial charge in [-0.2, -0.15) is 5.26 Å². The SMILES string of the molecule is CCC(C)(C)CNc1cccc(Br)c1C#N. The molecule has 16 heavy (non-hydrogen) atoms. The van der Waals surface area contributed by atoms with Gasteiger partial charge < -0.3 is 5.32 Å². The fourth-order valence-electron chi connectivity index (χ4n) is 1.24. The van der Waals surface area contributed by atoms with Gasteiger partial charge >= 0.3 is 0 Å². The third-order valence-electron chi connectivity index (χ3n) is 2.84. The number of anilines is 1. The van der Waals surface area contributed by atoms with Crippen LogP contribution in [0.3, 0.4) is 0 Å².